The van der Waals surface area contributed by atoms with Crippen molar-refractivity contribution in [2.45, 2.75) is 40.2 Å². The summed E-state index contributed by atoms with van der Waals surface area (Å²) >= 11 is 0. The van der Waals surface area contributed by atoms with Crippen molar-refractivity contribution in [1.82, 2.24) is 19.7 Å². The molecular formula is C24H27N5O4. The molecule has 1 unspecified atom stereocenters. The number of rotatable bonds is 6. The molecule has 1 aromatic carbocycles. The quantitative estimate of drug-likeness (QED) is 0.580. The fourth-order valence-corrected chi connectivity index (χ4v) is 4.07. The van der Waals surface area contributed by atoms with Crippen LogP contribution in [0.1, 0.15) is 43.1 Å². The molecule has 2 aromatic heterocycles. The van der Waals surface area contributed by atoms with Crippen molar-refractivity contribution in [2.75, 3.05) is 18.5 Å². The first-order chi connectivity index (χ1) is 15.8. The maximum absolute atomic E-state index is 13.1. The Morgan fingerprint density at radius 3 is 2.73 bits per heavy atom. The lowest BCUT2D eigenvalue weighted by Crippen LogP contribution is -2.33. The lowest BCUT2D eigenvalue weighted by atomic mass is 10.1. The smallest absolute Gasteiger partial charge is 0.343 e. The Bertz CT molecular complexity index is 1230. The number of fused-ring (bicyclic) bond motifs is 1. The van der Waals surface area contributed by atoms with Gasteiger partial charge >= 0.3 is 5.97 Å². The molecule has 33 heavy (non-hydrogen) atoms. The maximum atomic E-state index is 13.1. The normalized spacial score (nSPS) is 16.0. The van der Waals surface area contributed by atoms with Gasteiger partial charge in [0.25, 0.3) is 0 Å². The van der Waals surface area contributed by atoms with E-state index in [-0.39, 0.29) is 42.3 Å². The van der Waals surface area contributed by atoms with Crippen molar-refractivity contribution >= 4 is 34.5 Å². The van der Waals surface area contributed by atoms with E-state index in [0.717, 1.165) is 16.5 Å². The molecule has 1 saturated heterocycles. The SMILES string of the molecule is CCOC(=O)c1cnn(-c2cc(C)c3ccccc3n2)c1NC(=O)C1CC(=O)N(C(C)C)C1. The largest absolute Gasteiger partial charge is 0.462 e. The molecule has 3 heterocycles. The first-order valence-electron chi connectivity index (χ1n) is 11.0. The molecule has 1 aliphatic heterocycles. The summed E-state index contributed by atoms with van der Waals surface area (Å²) in [4.78, 5) is 44.3. The van der Waals surface area contributed by atoms with Gasteiger partial charge in [0.2, 0.25) is 11.8 Å². The number of ether oxygens (including phenoxy) is 1. The average Bonchev–Trinajstić information content (AvgIpc) is 3.37. The molecule has 0 spiro atoms. The number of hydrogen-bond acceptors (Lipinski definition) is 6. The van der Waals surface area contributed by atoms with Crippen LogP contribution >= 0.6 is 0 Å². The van der Waals surface area contributed by atoms with Crippen molar-refractivity contribution < 1.29 is 19.1 Å². The fraction of sp³-hybridized carbons (Fsp3) is 0.375. The van der Waals surface area contributed by atoms with E-state index in [1.165, 1.54) is 10.9 Å². The van der Waals surface area contributed by atoms with Gasteiger partial charge in [-0.2, -0.15) is 9.78 Å². The minimum Gasteiger partial charge on any atom is -0.462 e. The Morgan fingerprint density at radius 2 is 2.03 bits per heavy atom. The second kappa shape index (κ2) is 9.01. The topological polar surface area (TPSA) is 106 Å². The van der Waals surface area contributed by atoms with Gasteiger partial charge in [0, 0.05) is 24.4 Å². The molecule has 1 N–H and O–H groups in total. The van der Waals surface area contributed by atoms with Crippen molar-refractivity contribution in [1.29, 1.82) is 0 Å². The number of aryl methyl sites for hydroxylation is 1. The van der Waals surface area contributed by atoms with E-state index in [1.54, 1.807) is 11.8 Å². The van der Waals surface area contributed by atoms with Crippen LogP contribution in [0.4, 0.5) is 5.82 Å². The first-order valence-corrected chi connectivity index (χ1v) is 11.0. The van der Waals surface area contributed by atoms with E-state index < -0.39 is 11.9 Å². The van der Waals surface area contributed by atoms with Gasteiger partial charge in [0.1, 0.15) is 5.56 Å². The third kappa shape index (κ3) is 4.30. The van der Waals surface area contributed by atoms with Crippen LogP contribution in [0.5, 0.6) is 0 Å². The standard InChI is InChI=1S/C24H27N5O4/c1-5-33-24(32)18-12-25-29(20-10-15(4)17-8-6-7-9-19(17)26-20)22(18)27-23(31)16-11-21(30)28(13-16)14(2)3/h6-10,12,14,16H,5,11,13H2,1-4H3,(H,27,31). The molecule has 1 fully saturated rings. The van der Waals surface area contributed by atoms with Crippen molar-refractivity contribution in [3.8, 4) is 5.82 Å². The summed E-state index contributed by atoms with van der Waals surface area (Å²) in [6.45, 7) is 8.02. The predicted octanol–water partition coefficient (Wildman–Crippen LogP) is 3.10. The van der Waals surface area contributed by atoms with Crippen LogP contribution in [0, 0.1) is 12.8 Å². The minimum absolute atomic E-state index is 0.0145. The molecule has 0 bridgehead atoms. The van der Waals surface area contributed by atoms with Crippen molar-refractivity contribution in [2.24, 2.45) is 5.92 Å². The molecule has 9 heteroatoms. The van der Waals surface area contributed by atoms with E-state index in [2.05, 4.69) is 15.4 Å². The Morgan fingerprint density at radius 1 is 1.27 bits per heavy atom. The number of likely N-dealkylation sites (tertiary alicyclic amines) is 1. The Kier molecular flexibility index (Phi) is 6.13. The summed E-state index contributed by atoms with van der Waals surface area (Å²) in [6, 6.07) is 9.57. The molecule has 1 aliphatic rings. The number of hydrogen-bond donors (Lipinski definition) is 1. The van der Waals surface area contributed by atoms with Gasteiger partial charge in [-0.15, -0.1) is 0 Å². The predicted molar refractivity (Wildman–Crippen MR) is 123 cm³/mol. The van der Waals surface area contributed by atoms with Crippen LogP contribution < -0.4 is 5.32 Å². The third-order valence-electron chi connectivity index (χ3n) is 5.79. The second-order valence-electron chi connectivity index (χ2n) is 8.38. The van der Waals surface area contributed by atoms with Crippen LogP contribution in [0.25, 0.3) is 16.7 Å². The molecule has 0 saturated carbocycles. The Hall–Kier alpha value is -3.75. The van der Waals surface area contributed by atoms with Gasteiger partial charge in [-0.25, -0.2) is 9.78 Å². The van der Waals surface area contributed by atoms with E-state index in [1.807, 2.05) is 51.1 Å². The molecule has 0 aliphatic carbocycles. The van der Waals surface area contributed by atoms with Gasteiger partial charge in [-0.3, -0.25) is 9.59 Å². The molecule has 2 amide bonds. The summed E-state index contributed by atoms with van der Waals surface area (Å²) in [5, 5.41) is 8.17. The van der Waals surface area contributed by atoms with Gasteiger partial charge in [0.05, 0.1) is 24.2 Å². The summed E-state index contributed by atoms with van der Waals surface area (Å²) in [7, 11) is 0. The van der Waals surface area contributed by atoms with Gasteiger partial charge in [-0.1, -0.05) is 18.2 Å². The van der Waals surface area contributed by atoms with Gasteiger partial charge in [0.15, 0.2) is 11.6 Å². The van der Waals surface area contributed by atoms with Crippen LogP contribution in [-0.2, 0) is 14.3 Å². The number of carbonyl (C=O) groups is 3. The Balaban J connectivity index is 1.72. The number of carbonyl (C=O) groups excluding carboxylic acids is 3. The number of pyridine rings is 1. The van der Waals surface area contributed by atoms with Crippen LogP contribution in [0.3, 0.4) is 0 Å². The highest BCUT2D eigenvalue weighted by molar-refractivity contribution is 6.02. The Labute approximate surface area is 191 Å². The molecule has 4 rings (SSSR count). The second-order valence-corrected chi connectivity index (χ2v) is 8.38. The molecular weight excluding hydrogens is 422 g/mol. The number of aromatic nitrogens is 3. The van der Waals surface area contributed by atoms with E-state index in [4.69, 9.17) is 4.74 Å². The summed E-state index contributed by atoms with van der Waals surface area (Å²) in [6.07, 6.45) is 1.49. The number of anilines is 1. The third-order valence-corrected chi connectivity index (χ3v) is 5.79. The zero-order valence-corrected chi connectivity index (χ0v) is 19.2. The van der Waals surface area contributed by atoms with Crippen LogP contribution in [0.2, 0.25) is 0 Å². The van der Waals surface area contributed by atoms with Gasteiger partial charge in [-0.05, 0) is 45.4 Å². The number of benzene rings is 1. The van der Waals surface area contributed by atoms with E-state index in [0.29, 0.717) is 12.4 Å². The molecule has 172 valence electrons. The number of para-hydroxylation sites is 1. The molecule has 1 atom stereocenters. The highest BCUT2D eigenvalue weighted by Crippen LogP contribution is 2.27. The summed E-state index contributed by atoms with van der Waals surface area (Å²) in [5.41, 5.74) is 1.88. The van der Waals surface area contributed by atoms with Crippen LogP contribution in [0.15, 0.2) is 36.5 Å². The first kappa shape index (κ1) is 22.4. The van der Waals surface area contributed by atoms with Crippen molar-refractivity contribution in [3.63, 3.8) is 0 Å². The number of amides is 2. The zero-order valence-electron chi connectivity index (χ0n) is 19.2. The highest BCUT2D eigenvalue weighted by atomic mass is 16.5. The summed E-state index contributed by atoms with van der Waals surface area (Å²) in [5.74, 6) is -0.890. The summed E-state index contributed by atoms with van der Waals surface area (Å²) < 4.78 is 6.59. The number of nitrogens with one attached hydrogen (secondary N) is 1. The van der Waals surface area contributed by atoms with Crippen molar-refractivity contribution in [3.05, 3.63) is 47.7 Å². The van der Waals surface area contributed by atoms with E-state index in [9.17, 15) is 14.4 Å². The zero-order chi connectivity index (χ0) is 23.7. The molecule has 0 radical (unpaired) electrons. The average molecular weight is 450 g/mol. The van der Waals surface area contributed by atoms with E-state index >= 15 is 0 Å². The monoisotopic (exact) mass is 449 g/mol. The van der Waals surface area contributed by atoms with Gasteiger partial charge < -0.3 is 15.0 Å². The minimum atomic E-state index is -0.595. The molecule has 9 nitrogen and oxygen atoms in total. The van der Waals surface area contributed by atoms with Crippen LogP contribution in [-0.4, -0.2) is 56.6 Å². The highest BCUT2D eigenvalue weighted by Gasteiger charge is 2.36. The number of esters is 1. The lowest BCUT2D eigenvalue weighted by molar-refractivity contribution is -0.129. The number of nitrogens with zero attached hydrogens (tertiary/aromatic N) is 4. The molecule has 3 aromatic rings. The fourth-order valence-electron chi connectivity index (χ4n) is 4.07. The lowest BCUT2D eigenvalue weighted by Gasteiger charge is -2.20. The maximum Gasteiger partial charge on any atom is 0.343 e.